The molecule has 0 amide bonds. The van der Waals surface area contributed by atoms with Crippen LogP contribution >= 0.6 is 0 Å². The highest BCUT2D eigenvalue weighted by atomic mass is 32.2. The molecule has 1 aliphatic rings. The maximum Gasteiger partial charge on any atom is 0.240 e. The van der Waals surface area contributed by atoms with Gasteiger partial charge in [0.25, 0.3) is 0 Å². The fourth-order valence-electron chi connectivity index (χ4n) is 2.45. The van der Waals surface area contributed by atoms with Gasteiger partial charge < -0.3 is 5.32 Å². The van der Waals surface area contributed by atoms with E-state index >= 15 is 0 Å². The first-order valence-electron chi connectivity index (χ1n) is 6.89. The Labute approximate surface area is 124 Å². The number of hydrogen-bond donors (Lipinski definition) is 2. The monoisotopic (exact) mass is 306 g/mol. The van der Waals surface area contributed by atoms with Crippen LogP contribution in [0, 0.1) is 0 Å². The molecule has 2 heterocycles. The molecule has 2 aromatic rings. The Kier molecular flexibility index (Phi) is 3.69. The molecule has 0 aliphatic carbocycles. The van der Waals surface area contributed by atoms with Crippen molar-refractivity contribution in [3.8, 4) is 0 Å². The summed E-state index contributed by atoms with van der Waals surface area (Å²) in [6.07, 6.45) is 3.58. The minimum Gasteiger partial charge on any atom is -0.385 e. The van der Waals surface area contributed by atoms with Crippen molar-refractivity contribution in [1.82, 2.24) is 14.5 Å². The van der Waals surface area contributed by atoms with Crippen molar-refractivity contribution in [2.45, 2.75) is 24.3 Å². The summed E-state index contributed by atoms with van der Waals surface area (Å²) < 4.78 is 29.0. The molecule has 21 heavy (non-hydrogen) atoms. The van der Waals surface area contributed by atoms with Gasteiger partial charge >= 0.3 is 0 Å². The topological polar surface area (TPSA) is 76.0 Å². The molecule has 0 saturated carbocycles. The summed E-state index contributed by atoms with van der Waals surface area (Å²) in [6.45, 7) is 1.17. The highest BCUT2D eigenvalue weighted by Crippen LogP contribution is 2.24. The van der Waals surface area contributed by atoms with Gasteiger partial charge in [-0.05, 0) is 42.7 Å². The van der Waals surface area contributed by atoms with Crippen molar-refractivity contribution in [1.29, 1.82) is 0 Å². The maximum atomic E-state index is 12.4. The maximum absolute atomic E-state index is 12.4. The molecule has 1 aromatic heterocycles. The van der Waals surface area contributed by atoms with Crippen LogP contribution in [0.15, 0.2) is 35.4 Å². The van der Waals surface area contributed by atoms with E-state index < -0.39 is 10.0 Å². The van der Waals surface area contributed by atoms with Crippen LogP contribution in [0.2, 0.25) is 0 Å². The zero-order valence-electron chi connectivity index (χ0n) is 11.8. The molecule has 112 valence electrons. The van der Waals surface area contributed by atoms with Crippen LogP contribution in [0.1, 0.15) is 17.7 Å². The van der Waals surface area contributed by atoms with E-state index in [1.54, 1.807) is 36.1 Å². The van der Waals surface area contributed by atoms with Crippen LogP contribution in [0.4, 0.5) is 5.69 Å². The summed E-state index contributed by atoms with van der Waals surface area (Å²) in [5.41, 5.74) is 2.91. The van der Waals surface area contributed by atoms with Crippen LogP contribution < -0.4 is 10.0 Å². The molecule has 1 aliphatic heterocycles. The molecule has 0 radical (unpaired) electrons. The van der Waals surface area contributed by atoms with E-state index in [1.807, 2.05) is 6.07 Å². The summed E-state index contributed by atoms with van der Waals surface area (Å²) >= 11 is 0. The van der Waals surface area contributed by atoms with Gasteiger partial charge in [0, 0.05) is 25.5 Å². The second kappa shape index (κ2) is 5.50. The smallest absolute Gasteiger partial charge is 0.240 e. The average molecular weight is 306 g/mol. The summed E-state index contributed by atoms with van der Waals surface area (Å²) in [5, 5.41) is 7.30. The summed E-state index contributed by atoms with van der Waals surface area (Å²) in [7, 11) is -1.72. The number of rotatable bonds is 4. The number of benzene rings is 1. The average Bonchev–Trinajstić information content (AvgIpc) is 2.90. The molecule has 0 fully saturated rings. The molecule has 0 spiro atoms. The van der Waals surface area contributed by atoms with Gasteiger partial charge in [-0.2, -0.15) is 5.10 Å². The lowest BCUT2D eigenvalue weighted by Gasteiger charge is -2.18. The second-order valence-electron chi connectivity index (χ2n) is 5.12. The van der Waals surface area contributed by atoms with Crippen LogP contribution in [0.25, 0.3) is 0 Å². The number of nitrogens with zero attached hydrogens (tertiary/aromatic N) is 2. The Morgan fingerprint density at radius 2 is 2.24 bits per heavy atom. The Hall–Kier alpha value is -1.86. The normalized spacial score (nSPS) is 14.5. The lowest BCUT2D eigenvalue weighted by atomic mass is 10.0. The van der Waals surface area contributed by atoms with Crippen molar-refractivity contribution in [2.75, 3.05) is 11.9 Å². The van der Waals surface area contributed by atoms with E-state index in [2.05, 4.69) is 15.1 Å². The molecule has 1 aromatic carbocycles. The number of fused-ring (bicyclic) bond motifs is 1. The van der Waals surface area contributed by atoms with Gasteiger partial charge in [-0.3, -0.25) is 4.68 Å². The van der Waals surface area contributed by atoms with Gasteiger partial charge in [0.15, 0.2) is 0 Å². The number of aromatic nitrogens is 2. The molecule has 6 nitrogen and oxygen atoms in total. The van der Waals surface area contributed by atoms with Crippen LogP contribution in [-0.4, -0.2) is 24.7 Å². The Bertz CT molecular complexity index is 752. The van der Waals surface area contributed by atoms with Gasteiger partial charge in [-0.15, -0.1) is 0 Å². The molecule has 2 N–H and O–H groups in total. The van der Waals surface area contributed by atoms with Crippen molar-refractivity contribution in [3.05, 3.63) is 41.7 Å². The predicted molar refractivity (Wildman–Crippen MR) is 80.5 cm³/mol. The summed E-state index contributed by atoms with van der Waals surface area (Å²) in [6, 6.07) is 7.03. The fourth-order valence-corrected chi connectivity index (χ4v) is 3.49. The number of nitrogens with one attached hydrogen (secondary N) is 2. The van der Waals surface area contributed by atoms with E-state index in [0.717, 1.165) is 36.3 Å². The first-order valence-corrected chi connectivity index (χ1v) is 8.38. The Morgan fingerprint density at radius 3 is 3.00 bits per heavy atom. The van der Waals surface area contributed by atoms with E-state index in [-0.39, 0.29) is 6.54 Å². The third kappa shape index (κ3) is 2.93. The molecule has 3 rings (SSSR count). The highest BCUT2D eigenvalue weighted by molar-refractivity contribution is 7.89. The quantitative estimate of drug-likeness (QED) is 0.891. The first kappa shape index (κ1) is 14.1. The Morgan fingerprint density at radius 1 is 1.38 bits per heavy atom. The van der Waals surface area contributed by atoms with E-state index in [1.165, 1.54) is 0 Å². The molecule has 0 saturated heterocycles. The number of aryl methyl sites for hydroxylation is 2. The molecule has 0 unspecified atom stereocenters. The molecule has 0 bridgehead atoms. The third-order valence-corrected chi connectivity index (χ3v) is 5.09. The van der Waals surface area contributed by atoms with Gasteiger partial charge in [0.1, 0.15) is 0 Å². The number of hydrogen-bond acceptors (Lipinski definition) is 4. The standard InChI is InChI=1S/C14H18N4O2S/c1-18-12(6-8-16-18)10-17-21(19,20)13-4-5-14-11(9-13)3-2-7-15-14/h4-6,8-9,15,17H,2-3,7,10H2,1H3. The number of anilines is 1. The molecular weight excluding hydrogens is 288 g/mol. The van der Waals surface area contributed by atoms with E-state index in [9.17, 15) is 8.42 Å². The zero-order chi connectivity index (χ0) is 14.9. The van der Waals surface area contributed by atoms with Crippen molar-refractivity contribution >= 4 is 15.7 Å². The van der Waals surface area contributed by atoms with Crippen LogP contribution in [-0.2, 0) is 30.0 Å². The van der Waals surface area contributed by atoms with Crippen LogP contribution in [0.3, 0.4) is 0 Å². The minimum absolute atomic E-state index is 0.230. The van der Waals surface area contributed by atoms with Gasteiger partial charge in [0.05, 0.1) is 17.1 Å². The van der Waals surface area contributed by atoms with Gasteiger partial charge in [-0.1, -0.05) is 0 Å². The minimum atomic E-state index is -3.51. The first-order chi connectivity index (χ1) is 10.1. The SMILES string of the molecule is Cn1nccc1CNS(=O)(=O)c1ccc2c(c1)CCCN2. The Balaban J connectivity index is 1.80. The second-order valence-corrected chi connectivity index (χ2v) is 6.89. The van der Waals surface area contributed by atoms with Crippen molar-refractivity contribution in [2.24, 2.45) is 7.05 Å². The van der Waals surface area contributed by atoms with E-state index in [0.29, 0.717) is 4.90 Å². The predicted octanol–water partition coefficient (Wildman–Crippen LogP) is 1.26. The third-order valence-electron chi connectivity index (χ3n) is 3.69. The molecule has 7 heteroatoms. The summed E-state index contributed by atoms with van der Waals surface area (Å²) in [4.78, 5) is 0.312. The summed E-state index contributed by atoms with van der Waals surface area (Å²) in [5.74, 6) is 0. The van der Waals surface area contributed by atoms with Crippen LogP contribution in [0.5, 0.6) is 0 Å². The van der Waals surface area contributed by atoms with Crippen molar-refractivity contribution < 1.29 is 8.42 Å². The molecule has 0 atom stereocenters. The van der Waals surface area contributed by atoms with Gasteiger partial charge in [-0.25, -0.2) is 13.1 Å². The fraction of sp³-hybridized carbons (Fsp3) is 0.357. The van der Waals surface area contributed by atoms with E-state index in [4.69, 9.17) is 0 Å². The highest BCUT2D eigenvalue weighted by Gasteiger charge is 2.17. The molecular formula is C14H18N4O2S. The number of sulfonamides is 1. The van der Waals surface area contributed by atoms with Gasteiger partial charge in [0.2, 0.25) is 10.0 Å². The lowest BCUT2D eigenvalue weighted by molar-refractivity contribution is 0.577. The lowest BCUT2D eigenvalue weighted by Crippen LogP contribution is -2.25. The largest absolute Gasteiger partial charge is 0.385 e. The zero-order valence-corrected chi connectivity index (χ0v) is 12.7. The van der Waals surface area contributed by atoms with Crippen molar-refractivity contribution in [3.63, 3.8) is 0 Å².